The molecule has 0 aliphatic rings. The Balaban J connectivity index is 2.09. The fourth-order valence-electron chi connectivity index (χ4n) is 2.09. The Morgan fingerprint density at radius 1 is 1.00 bits per heavy atom. The number of hydrogen-bond acceptors (Lipinski definition) is 3. The van der Waals surface area contributed by atoms with E-state index in [0.717, 1.165) is 9.87 Å². The molecule has 0 saturated carbocycles. The van der Waals surface area contributed by atoms with Crippen molar-refractivity contribution in [2.75, 3.05) is 26.5 Å². The fourth-order valence-corrected chi connectivity index (χ4v) is 3.04. The molecule has 2 rings (SSSR count). The van der Waals surface area contributed by atoms with Crippen molar-refractivity contribution in [3.05, 3.63) is 60.2 Å². The first-order chi connectivity index (χ1) is 11.3. The van der Waals surface area contributed by atoms with Crippen molar-refractivity contribution < 1.29 is 13.2 Å². The van der Waals surface area contributed by atoms with Crippen LogP contribution in [0.5, 0.6) is 0 Å². The predicted octanol–water partition coefficient (Wildman–Crippen LogP) is 2.60. The zero-order chi connectivity index (χ0) is 17.7. The molecule has 0 unspecified atom stereocenters. The van der Waals surface area contributed by atoms with E-state index in [-0.39, 0.29) is 10.9 Å². The second-order valence-electron chi connectivity index (χ2n) is 5.59. The SMILES string of the molecule is CN(Cc1ccccc1)C(=O)Nc1cccc(S(=O)(=O)N(C)C)c1. The maximum atomic E-state index is 12.3. The van der Waals surface area contributed by atoms with Crippen molar-refractivity contribution in [2.24, 2.45) is 0 Å². The molecule has 0 atom stereocenters. The first-order valence-corrected chi connectivity index (χ1v) is 8.83. The Morgan fingerprint density at radius 2 is 1.67 bits per heavy atom. The lowest BCUT2D eigenvalue weighted by Crippen LogP contribution is -2.31. The number of carbonyl (C=O) groups excluding carboxylic acids is 1. The number of rotatable bonds is 5. The summed E-state index contributed by atoms with van der Waals surface area (Å²) in [6, 6.07) is 15.5. The van der Waals surface area contributed by atoms with Gasteiger partial charge in [-0.15, -0.1) is 0 Å². The highest BCUT2D eigenvalue weighted by molar-refractivity contribution is 7.89. The van der Waals surface area contributed by atoms with Gasteiger partial charge in [-0.25, -0.2) is 17.5 Å². The zero-order valence-electron chi connectivity index (χ0n) is 13.9. The number of anilines is 1. The molecular weight excluding hydrogens is 326 g/mol. The van der Waals surface area contributed by atoms with Crippen LogP contribution in [0.2, 0.25) is 0 Å². The van der Waals surface area contributed by atoms with E-state index in [9.17, 15) is 13.2 Å². The summed E-state index contributed by atoms with van der Waals surface area (Å²) in [5, 5.41) is 2.72. The first kappa shape index (κ1) is 18.0. The van der Waals surface area contributed by atoms with Crippen LogP contribution in [0.15, 0.2) is 59.5 Å². The number of amides is 2. The molecule has 1 N–H and O–H groups in total. The van der Waals surface area contributed by atoms with Crippen LogP contribution < -0.4 is 5.32 Å². The number of sulfonamides is 1. The van der Waals surface area contributed by atoms with Crippen LogP contribution in [0.1, 0.15) is 5.56 Å². The van der Waals surface area contributed by atoms with Crippen LogP contribution in [0, 0.1) is 0 Å². The molecule has 7 heteroatoms. The highest BCUT2D eigenvalue weighted by atomic mass is 32.2. The highest BCUT2D eigenvalue weighted by Crippen LogP contribution is 2.18. The highest BCUT2D eigenvalue weighted by Gasteiger charge is 2.18. The van der Waals surface area contributed by atoms with E-state index in [0.29, 0.717) is 12.2 Å². The molecule has 0 heterocycles. The third kappa shape index (κ3) is 4.33. The van der Waals surface area contributed by atoms with Crippen LogP contribution in [0.4, 0.5) is 10.5 Å². The largest absolute Gasteiger partial charge is 0.323 e. The summed E-state index contributed by atoms with van der Waals surface area (Å²) < 4.78 is 25.4. The van der Waals surface area contributed by atoms with E-state index >= 15 is 0 Å². The van der Waals surface area contributed by atoms with Crippen LogP contribution in [-0.4, -0.2) is 44.8 Å². The molecule has 2 aromatic rings. The molecule has 0 bridgehead atoms. The summed E-state index contributed by atoms with van der Waals surface area (Å²) in [7, 11) is 1.08. The van der Waals surface area contributed by atoms with E-state index < -0.39 is 10.0 Å². The lowest BCUT2D eigenvalue weighted by Gasteiger charge is -2.18. The molecule has 2 aromatic carbocycles. The third-order valence-electron chi connectivity index (χ3n) is 3.47. The molecule has 0 saturated heterocycles. The number of nitrogens with one attached hydrogen (secondary N) is 1. The van der Waals surface area contributed by atoms with Crippen LogP contribution >= 0.6 is 0 Å². The fraction of sp³-hybridized carbons (Fsp3) is 0.235. The standard InChI is InChI=1S/C17H21N3O3S/c1-19(2)24(22,23)16-11-7-10-15(12-16)18-17(21)20(3)13-14-8-5-4-6-9-14/h4-12H,13H2,1-3H3,(H,18,21). The van der Waals surface area contributed by atoms with Gasteiger partial charge in [0.15, 0.2) is 0 Å². The number of hydrogen-bond donors (Lipinski definition) is 1. The minimum Gasteiger partial charge on any atom is -0.323 e. The topological polar surface area (TPSA) is 69.7 Å². The number of benzene rings is 2. The molecule has 2 amide bonds. The lowest BCUT2D eigenvalue weighted by atomic mass is 10.2. The summed E-state index contributed by atoms with van der Waals surface area (Å²) in [4.78, 5) is 13.9. The Bertz CT molecular complexity index is 805. The van der Waals surface area contributed by atoms with Gasteiger partial charge in [0.2, 0.25) is 10.0 Å². The second-order valence-corrected chi connectivity index (χ2v) is 7.74. The Kier molecular flexibility index (Phi) is 5.58. The minimum atomic E-state index is -3.54. The lowest BCUT2D eigenvalue weighted by molar-refractivity contribution is 0.220. The molecule has 128 valence electrons. The minimum absolute atomic E-state index is 0.135. The second kappa shape index (κ2) is 7.46. The van der Waals surface area contributed by atoms with Crippen molar-refractivity contribution >= 4 is 21.7 Å². The number of urea groups is 1. The van der Waals surface area contributed by atoms with Crippen molar-refractivity contribution in [3.63, 3.8) is 0 Å². The first-order valence-electron chi connectivity index (χ1n) is 7.39. The summed E-state index contributed by atoms with van der Waals surface area (Å²) in [5.41, 5.74) is 1.45. The Hall–Kier alpha value is -2.38. The number of carbonyl (C=O) groups is 1. The summed E-state index contributed by atoms with van der Waals surface area (Å²) in [6.45, 7) is 0.461. The molecule has 0 fully saturated rings. The van der Waals surface area contributed by atoms with Gasteiger partial charge in [0.25, 0.3) is 0 Å². The Morgan fingerprint density at radius 3 is 2.29 bits per heavy atom. The van der Waals surface area contributed by atoms with E-state index in [1.54, 1.807) is 19.2 Å². The monoisotopic (exact) mass is 347 g/mol. The van der Waals surface area contributed by atoms with Crippen molar-refractivity contribution in [3.8, 4) is 0 Å². The van der Waals surface area contributed by atoms with Gasteiger partial charge in [0, 0.05) is 33.4 Å². The van der Waals surface area contributed by atoms with Gasteiger partial charge in [0.1, 0.15) is 0 Å². The van der Waals surface area contributed by atoms with Gasteiger partial charge in [-0.2, -0.15) is 0 Å². The third-order valence-corrected chi connectivity index (χ3v) is 5.28. The molecule has 24 heavy (non-hydrogen) atoms. The molecular formula is C17H21N3O3S. The predicted molar refractivity (Wildman–Crippen MR) is 94.2 cm³/mol. The van der Waals surface area contributed by atoms with Gasteiger partial charge in [-0.1, -0.05) is 36.4 Å². The van der Waals surface area contributed by atoms with Gasteiger partial charge < -0.3 is 10.2 Å². The number of nitrogens with zero attached hydrogens (tertiary/aromatic N) is 2. The van der Waals surface area contributed by atoms with Crippen molar-refractivity contribution in [1.29, 1.82) is 0 Å². The molecule has 0 aliphatic carbocycles. The van der Waals surface area contributed by atoms with E-state index in [1.807, 2.05) is 30.3 Å². The van der Waals surface area contributed by atoms with Gasteiger partial charge in [-0.05, 0) is 23.8 Å². The van der Waals surface area contributed by atoms with Gasteiger partial charge >= 0.3 is 6.03 Å². The van der Waals surface area contributed by atoms with Gasteiger partial charge in [0.05, 0.1) is 4.90 Å². The Labute approximate surface area is 142 Å². The average molecular weight is 347 g/mol. The van der Waals surface area contributed by atoms with Crippen molar-refractivity contribution in [1.82, 2.24) is 9.21 Å². The van der Waals surface area contributed by atoms with Crippen LogP contribution in [0.25, 0.3) is 0 Å². The molecule has 0 spiro atoms. The molecule has 0 aromatic heterocycles. The quantitative estimate of drug-likeness (QED) is 0.904. The zero-order valence-corrected chi connectivity index (χ0v) is 14.7. The average Bonchev–Trinajstić information content (AvgIpc) is 2.55. The van der Waals surface area contributed by atoms with Gasteiger partial charge in [-0.3, -0.25) is 0 Å². The van der Waals surface area contributed by atoms with E-state index in [4.69, 9.17) is 0 Å². The van der Waals surface area contributed by atoms with E-state index in [2.05, 4.69) is 5.32 Å². The summed E-state index contributed by atoms with van der Waals surface area (Å²) >= 11 is 0. The van der Waals surface area contributed by atoms with Crippen LogP contribution in [-0.2, 0) is 16.6 Å². The molecule has 0 aliphatic heterocycles. The molecule has 6 nitrogen and oxygen atoms in total. The maximum Gasteiger partial charge on any atom is 0.321 e. The van der Waals surface area contributed by atoms with E-state index in [1.165, 1.54) is 31.1 Å². The molecule has 0 radical (unpaired) electrons. The maximum absolute atomic E-state index is 12.3. The smallest absolute Gasteiger partial charge is 0.321 e. The normalized spacial score (nSPS) is 11.3. The van der Waals surface area contributed by atoms with Crippen molar-refractivity contribution in [2.45, 2.75) is 11.4 Å². The summed E-state index contributed by atoms with van der Waals surface area (Å²) in [5.74, 6) is 0. The summed E-state index contributed by atoms with van der Waals surface area (Å²) in [6.07, 6.45) is 0. The van der Waals surface area contributed by atoms with Crippen LogP contribution in [0.3, 0.4) is 0 Å².